The van der Waals surface area contributed by atoms with Crippen molar-refractivity contribution < 1.29 is 4.74 Å². The van der Waals surface area contributed by atoms with E-state index in [2.05, 4.69) is 32.0 Å². The summed E-state index contributed by atoms with van der Waals surface area (Å²) in [5.41, 5.74) is 2.32. The van der Waals surface area contributed by atoms with E-state index in [-0.39, 0.29) is 0 Å². The van der Waals surface area contributed by atoms with Gasteiger partial charge in [-0.15, -0.1) is 0 Å². The van der Waals surface area contributed by atoms with Gasteiger partial charge in [0.1, 0.15) is 5.75 Å². The summed E-state index contributed by atoms with van der Waals surface area (Å²) in [6.07, 6.45) is 9.58. The highest BCUT2D eigenvalue weighted by Crippen LogP contribution is 2.24. The topological polar surface area (TPSA) is 21.6 Å². The number of benzene rings is 1. The molecule has 19 heavy (non-hydrogen) atoms. The Morgan fingerprint density at radius 3 is 2.79 bits per heavy atom. The molecule has 0 unspecified atom stereocenters. The molecule has 0 saturated heterocycles. The molecule has 1 aliphatic carbocycles. The van der Waals surface area contributed by atoms with Crippen molar-refractivity contribution in [1.29, 1.82) is 0 Å². The third kappa shape index (κ3) is 4.09. The monoisotopic (exact) mass is 259 g/mol. The van der Waals surface area contributed by atoms with Crippen molar-refractivity contribution in [3.63, 3.8) is 0 Å². The predicted molar refractivity (Wildman–Crippen MR) is 81.4 cm³/mol. The summed E-state index contributed by atoms with van der Waals surface area (Å²) in [5, 5.41) is 0. The molecule has 0 N–H and O–H groups in total. The standard InChI is InChI=1S/C17H25NO/c1-3-12-19-17-14(2)8-7-9-15(17)13-18-16-10-5-4-6-11-16/h7-9,13,16H,3-6,10-12H2,1-2H3. The van der Waals surface area contributed by atoms with Crippen molar-refractivity contribution in [1.82, 2.24) is 0 Å². The van der Waals surface area contributed by atoms with Gasteiger partial charge in [0, 0.05) is 17.8 Å². The molecule has 1 fully saturated rings. The van der Waals surface area contributed by atoms with Gasteiger partial charge in [0.25, 0.3) is 0 Å². The van der Waals surface area contributed by atoms with Crippen LogP contribution in [0.5, 0.6) is 5.75 Å². The van der Waals surface area contributed by atoms with Crippen molar-refractivity contribution in [2.75, 3.05) is 6.61 Å². The Labute approximate surface area is 116 Å². The van der Waals surface area contributed by atoms with E-state index in [0.717, 1.165) is 24.3 Å². The maximum Gasteiger partial charge on any atom is 0.130 e. The van der Waals surface area contributed by atoms with Gasteiger partial charge in [-0.3, -0.25) is 4.99 Å². The molecule has 0 radical (unpaired) electrons. The summed E-state index contributed by atoms with van der Waals surface area (Å²) in [4.78, 5) is 4.76. The second kappa shape index (κ2) is 7.32. The zero-order valence-electron chi connectivity index (χ0n) is 12.2. The van der Waals surface area contributed by atoms with Gasteiger partial charge in [-0.1, -0.05) is 38.3 Å². The molecule has 0 aromatic heterocycles. The van der Waals surface area contributed by atoms with Crippen LogP contribution in [0.4, 0.5) is 0 Å². The lowest BCUT2D eigenvalue weighted by Gasteiger charge is -2.17. The first-order valence-electron chi connectivity index (χ1n) is 7.57. The van der Waals surface area contributed by atoms with E-state index in [4.69, 9.17) is 9.73 Å². The average molecular weight is 259 g/mol. The predicted octanol–water partition coefficient (Wildman–Crippen LogP) is 4.54. The van der Waals surface area contributed by atoms with E-state index in [9.17, 15) is 0 Å². The molecule has 0 amide bonds. The van der Waals surface area contributed by atoms with Crippen molar-refractivity contribution in [2.24, 2.45) is 4.99 Å². The van der Waals surface area contributed by atoms with Crippen molar-refractivity contribution in [3.05, 3.63) is 29.3 Å². The molecule has 0 spiro atoms. The lowest BCUT2D eigenvalue weighted by molar-refractivity contribution is 0.315. The molecule has 0 bridgehead atoms. The Morgan fingerprint density at radius 2 is 2.05 bits per heavy atom. The minimum Gasteiger partial charge on any atom is -0.493 e. The third-order valence-corrected chi connectivity index (χ3v) is 3.69. The number of nitrogens with zero attached hydrogens (tertiary/aromatic N) is 1. The summed E-state index contributed by atoms with van der Waals surface area (Å²) in [5.74, 6) is 1.00. The summed E-state index contributed by atoms with van der Waals surface area (Å²) in [6.45, 7) is 5.01. The maximum absolute atomic E-state index is 5.87. The molecule has 1 saturated carbocycles. The Bertz CT molecular complexity index is 419. The van der Waals surface area contributed by atoms with Crippen molar-refractivity contribution in [3.8, 4) is 5.75 Å². The van der Waals surface area contributed by atoms with Crippen molar-refractivity contribution >= 4 is 6.21 Å². The molecule has 2 rings (SSSR count). The Morgan fingerprint density at radius 1 is 1.26 bits per heavy atom. The van der Waals surface area contributed by atoms with Crippen LogP contribution in [0.1, 0.15) is 56.6 Å². The third-order valence-electron chi connectivity index (χ3n) is 3.69. The van der Waals surface area contributed by atoms with Crippen LogP contribution in [-0.2, 0) is 0 Å². The molecule has 0 atom stereocenters. The van der Waals surface area contributed by atoms with Gasteiger partial charge in [0.05, 0.1) is 6.61 Å². The quantitative estimate of drug-likeness (QED) is 0.712. The first-order chi connectivity index (χ1) is 9.31. The summed E-state index contributed by atoms with van der Waals surface area (Å²) >= 11 is 0. The highest BCUT2D eigenvalue weighted by molar-refractivity contribution is 5.84. The minimum absolute atomic E-state index is 0.522. The first-order valence-corrected chi connectivity index (χ1v) is 7.57. The second-order valence-corrected chi connectivity index (χ2v) is 5.41. The van der Waals surface area contributed by atoms with Gasteiger partial charge in [-0.05, 0) is 37.8 Å². The van der Waals surface area contributed by atoms with Crippen LogP contribution >= 0.6 is 0 Å². The lowest BCUT2D eigenvalue weighted by atomic mass is 9.96. The van der Waals surface area contributed by atoms with Crippen LogP contribution in [0.15, 0.2) is 23.2 Å². The Kier molecular flexibility index (Phi) is 5.44. The van der Waals surface area contributed by atoms with Gasteiger partial charge in [-0.25, -0.2) is 0 Å². The van der Waals surface area contributed by atoms with Crippen LogP contribution in [-0.4, -0.2) is 18.9 Å². The molecule has 1 aliphatic rings. The molecular weight excluding hydrogens is 234 g/mol. The maximum atomic E-state index is 5.87. The number of hydrogen-bond donors (Lipinski definition) is 0. The smallest absolute Gasteiger partial charge is 0.130 e. The average Bonchev–Trinajstić information content (AvgIpc) is 2.45. The molecule has 0 aliphatic heterocycles. The molecule has 104 valence electrons. The van der Waals surface area contributed by atoms with Crippen LogP contribution in [0.3, 0.4) is 0 Å². The fraction of sp³-hybridized carbons (Fsp3) is 0.588. The van der Waals surface area contributed by atoms with Crippen LogP contribution in [0, 0.1) is 6.92 Å². The summed E-state index contributed by atoms with van der Waals surface area (Å²) < 4.78 is 5.87. The van der Waals surface area contributed by atoms with Crippen molar-refractivity contribution in [2.45, 2.75) is 58.4 Å². The van der Waals surface area contributed by atoms with Gasteiger partial charge in [0.15, 0.2) is 0 Å². The van der Waals surface area contributed by atoms with Gasteiger partial charge >= 0.3 is 0 Å². The van der Waals surface area contributed by atoms with E-state index >= 15 is 0 Å². The normalized spacial score (nSPS) is 16.9. The second-order valence-electron chi connectivity index (χ2n) is 5.41. The largest absolute Gasteiger partial charge is 0.493 e. The number of aryl methyl sites for hydroxylation is 1. The van der Waals surface area contributed by atoms with Gasteiger partial charge in [0.2, 0.25) is 0 Å². The number of ether oxygens (including phenoxy) is 1. The molecule has 2 nitrogen and oxygen atoms in total. The number of hydrogen-bond acceptors (Lipinski definition) is 2. The number of para-hydroxylation sites is 1. The minimum atomic E-state index is 0.522. The molecule has 0 heterocycles. The number of rotatable bonds is 5. The number of aliphatic imine (C=N–C) groups is 1. The molecular formula is C17H25NO. The molecule has 1 aromatic rings. The van der Waals surface area contributed by atoms with Gasteiger partial charge < -0.3 is 4.74 Å². The van der Waals surface area contributed by atoms with Crippen LogP contribution < -0.4 is 4.74 Å². The summed E-state index contributed by atoms with van der Waals surface area (Å²) in [7, 11) is 0. The van der Waals surface area contributed by atoms with E-state index in [0.29, 0.717) is 6.04 Å². The zero-order valence-corrected chi connectivity index (χ0v) is 12.2. The molecule has 2 heteroatoms. The molecule has 1 aromatic carbocycles. The van der Waals surface area contributed by atoms with Crippen LogP contribution in [0.2, 0.25) is 0 Å². The highest BCUT2D eigenvalue weighted by atomic mass is 16.5. The SMILES string of the molecule is CCCOc1c(C)cccc1C=NC1CCCCC1. The Hall–Kier alpha value is -1.31. The summed E-state index contributed by atoms with van der Waals surface area (Å²) in [6, 6.07) is 6.80. The van der Waals surface area contributed by atoms with Crippen LogP contribution in [0.25, 0.3) is 0 Å². The van der Waals surface area contributed by atoms with E-state index in [1.165, 1.54) is 37.7 Å². The highest BCUT2D eigenvalue weighted by Gasteiger charge is 2.11. The zero-order chi connectivity index (χ0) is 13.5. The first kappa shape index (κ1) is 14.1. The Balaban J connectivity index is 2.09. The van der Waals surface area contributed by atoms with E-state index < -0.39 is 0 Å². The fourth-order valence-electron chi connectivity index (χ4n) is 2.59. The fourth-order valence-corrected chi connectivity index (χ4v) is 2.59. The van der Waals surface area contributed by atoms with Gasteiger partial charge in [-0.2, -0.15) is 0 Å². The van der Waals surface area contributed by atoms with E-state index in [1.54, 1.807) is 0 Å². The lowest BCUT2D eigenvalue weighted by Crippen LogP contribution is -2.10. The van der Waals surface area contributed by atoms with E-state index in [1.807, 2.05) is 6.21 Å².